The largest absolute Gasteiger partial charge is 0.483 e. The van der Waals surface area contributed by atoms with Crippen molar-refractivity contribution in [2.45, 2.75) is 24.5 Å². The summed E-state index contributed by atoms with van der Waals surface area (Å²) in [4.78, 5) is 21.2. The Morgan fingerprint density at radius 2 is 1.79 bits per heavy atom. The maximum absolute atomic E-state index is 12.7. The van der Waals surface area contributed by atoms with Crippen molar-refractivity contribution in [3.05, 3.63) is 86.1 Å². The van der Waals surface area contributed by atoms with E-state index >= 15 is 0 Å². The third-order valence-corrected chi connectivity index (χ3v) is 6.83. The number of aromatic carboxylic acids is 1. The van der Waals surface area contributed by atoms with Gasteiger partial charge in [-0.05, 0) is 24.6 Å². The first kappa shape index (κ1) is 25.3. The molecule has 12 heteroatoms. The molecule has 0 saturated heterocycles. The van der Waals surface area contributed by atoms with Crippen molar-refractivity contribution < 1.29 is 36.9 Å². The molecule has 1 N–H and O–H groups in total. The van der Waals surface area contributed by atoms with E-state index in [-0.39, 0.29) is 23.9 Å². The molecule has 0 amide bonds. The van der Waals surface area contributed by atoms with Crippen LogP contribution in [0.5, 0.6) is 5.75 Å². The van der Waals surface area contributed by atoms with Crippen LogP contribution in [0, 0.1) is 17.0 Å². The van der Waals surface area contributed by atoms with Crippen LogP contribution in [0.15, 0.2) is 64.9 Å². The average molecular weight is 508 g/mol. The van der Waals surface area contributed by atoms with Gasteiger partial charge in [0.05, 0.1) is 23.0 Å². The molecular weight excluding hydrogens is 486 g/mol. The van der Waals surface area contributed by atoms with Gasteiger partial charge in [-0.15, -0.1) is 11.3 Å². The van der Waals surface area contributed by atoms with E-state index in [9.17, 15) is 23.3 Å². The van der Waals surface area contributed by atoms with E-state index in [1.54, 1.807) is 12.1 Å². The van der Waals surface area contributed by atoms with Crippen molar-refractivity contribution in [2.75, 3.05) is 13.2 Å². The summed E-state index contributed by atoms with van der Waals surface area (Å²) in [6.45, 7) is 1.34. The number of nitrogens with zero attached hydrogens (tertiary/aromatic N) is 1. The number of carbonyl (C=O) groups is 1. The van der Waals surface area contributed by atoms with Crippen LogP contribution in [0.1, 0.15) is 20.8 Å². The fourth-order valence-corrected chi connectivity index (χ4v) is 4.71. The quantitative estimate of drug-likeness (QED) is 0.218. The Balaban J connectivity index is 1.76. The Morgan fingerprint density at radius 1 is 1.12 bits per heavy atom. The molecule has 1 aromatic heterocycles. The molecule has 10 nitrogen and oxygen atoms in total. The molecule has 0 spiro atoms. The molecule has 180 valence electrons. The standard InChI is InChI=1S/C22H21NO9S2/c1-15-7-9-18(10-8-15)34(28,29)32-17(12-30-11-16-5-3-2-4-6-16)13-31-19-14-33-21(22(24)25)20(19)23(26)27/h2-10,14,17H,11-13H2,1H3,(H,24,25). The highest BCUT2D eigenvalue weighted by Crippen LogP contribution is 2.37. The zero-order valence-electron chi connectivity index (χ0n) is 17.9. The Labute approximate surface area is 199 Å². The molecule has 0 aliphatic heterocycles. The van der Waals surface area contributed by atoms with Gasteiger partial charge in [0.15, 0.2) is 4.88 Å². The number of hydrogen-bond acceptors (Lipinski definition) is 9. The third-order valence-electron chi connectivity index (χ3n) is 4.52. The Morgan fingerprint density at radius 3 is 2.41 bits per heavy atom. The number of thiophene rings is 1. The van der Waals surface area contributed by atoms with E-state index in [4.69, 9.17) is 18.8 Å². The van der Waals surface area contributed by atoms with Crippen LogP contribution >= 0.6 is 11.3 Å². The minimum atomic E-state index is -4.20. The molecule has 0 saturated carbocycles. The van der Waals surface area contributed by atoms with Crippen LogP contribution in [-0.2, 0) is 25.6 Å². The lowest BCUT2D eigenvalue weighted by Gasteiger charge is -2.18. The summed E-state index contributed by atoms with van der Waals surface area (Å²) in [6, 6.07) is 15.2. The zero-order chi connectivity index (χ0) is 24.7. The molecule has 0 aliphatic rings. The van der Waals surface area contributed by atoms with Crippen LogP contribution in [0.4, 0.5) is 5.69 Å². The summed E-state index contributed by atoms with van der Waals surface area (Å²) in [6.07, 6.45) is -1.16. The van der Waals surface area contributed by atoms with Gasteiger partial charge in [0, 0.05) is 5.38 Å². The molecule has 0 aliphatic carbocycles. The Bertz CT molecular complexity index is 1240. The first-order valence-electron chi connectivity index (χ1n) is 9.91. The van der Waals surface area contributed by atoms with Crippen molar-refractivity contribution >= 4 is 33.1 Å². The van der Waals surface area contributed by atoms with Crippen LogP contribution in [0.3, 0.4) is 0 Å². The number of rotatable bonds is 12. The summed E-state index contributed by atoms with van der Waals surface area (Å²) < 4.78 is 41.8. The van der Waals surface area contributed by atoms with E-state index in [1.165, 1.54) is 17.5 Å². The van der Waals surface area contributed by atoms with Crippen molar-refractivity contribution in [1.82, 2.24) is 0 Å². The molecular formula is C22H21NO9S2. The lowest BCUT2D eigenvalue weighted by atomic mass is 10.2. The highest BCUT2D eigenvalue weighted by atomic mass is 32.2. The van der Waals surface area contributed by atoms with Crippen molar-refractivity contribution in [1.29, 1.82) is 0 Å². The van der Waals surface area contributed by atoms with E-state index in [0.29, 0.717) is 11.3 Å². The van der Waals surface area contributed by atoms with Gasteiger partial charge in [-0.3, -0.25) is 14.3 Å². The minimum absolute atomic E-state index is 0.0687. The number of nitro groups is 1. The van der Waals surface area contributed by atoms with Crippen molar-refractivity contribution in [2.24, 2.45) is 0 Å². The predicted octanol–water partition coefficient (Wildman–Crippen LogP) is 4.03. The summed E-state index contributed by atoms with van der Waals surface area (Å²) >= 11 is 0.634. The fraction of sp³-hybridized carbons (Fsp3) is 0.227. The number of aryl methyl sites for hydroxylation is 1. The second-order valence-electron chi connectivity index (χ2n) is 7.14. The number of ether oxygens (including phenoxy) is 2. The summed E-state index contributed by atoms with van der Waals surface area (Å²) in [7, 11) is -4.20. The molecule has 3 rings (SSSR count). The molecule has 1 atom stereocenters. The van der Waals surface area contributed by atoms with Crippen molar-refractivity contribution in [3.63, 3.8) is 0 Å². The summed E-state index contributed by atoms with van der Waals surface area (Å²) in [5.41, 5.74) is 1.01. The van der Waals surface area contributed by atoms with Crippen LogP contribution < -0.4 is 4.74 Å². The topological polar surface area (TPSA) is 142 Å². The minimum Gasteiger partial charge on any atom is -0.483 e. The van der Waals surface area contributed by atoms with Gasteiger partial charge in [0.2, 0.25) is 5.75 Å². The zero-order valence-corrected chi connectivity index (χ0v) is 19.6. The maximum Gasteiger partial charge on any atom is 0.353 e. The van der Waals surface area contributed by atoms with Gasteiger partial charge in [0.1, 0.15) is 12.7 Å². The molecule has 2 aromatic carbocycles. The molecule has 0 radical (unpaired) electrons. The number of carboxylic acid groups (broad SMARTS) is 1. The van der Waals surface area contributed by atoms with Gasteiger partial charge >= 0.3 is 11.7 Å². The highest BCUT2D eigenvalue weighted by molar-refractivity contribution is 7.86. The molecule has 0 fully saturated rings. The van der Waals surface area contributed by atoms with Crippen LogP contribution in [0.25, 0.3) is 0 Å². The van der Waals surface area contributed by atoms with Gasteiger partial charge in [0.25, 0.3) is 10.1 Å². The van der Waals surface area contributed by atoms with E-state index < -0.39 is 44.3 Å². The third kappa shape index (κ3) is 6.60. The lowest BCUT2D eigenvalue weighted by Crippen LogP contribution is -2.30. The molecule has 1 heterocycles. The van der Waals surface area contributed by atoms with Gasteiger partial charge < -0.3 is 14.6 Å². The molecule has 1 unspecified atom stereocenters. The van der Waals surface area contributed by atoms with E-state index in [2.05, 4.69) is 0 Å². The number of carboxylic acids is 1. The normalized spacial score (nSPS) is 12.3. The van der Waals surface area contributed by atoms with Gasteiger partial charge in [-0.25, -0.2) is 4.79 Å². The van der Waals surface area contributed by atoms with Gasteiger partial charge in [-0.2, -0.15) is 8.42 Å². The second-order valence-corrected chi connectivity index (χ2v) is 9.59. The van der Waals surface area contributed by atoms with Crippen LogP contribution in [-0.4, -0.2) is 43.7 Å². The monoisotopic (exact) mass is 507 g/mol. The highest BCUT2D eigenvalue weighted by Gasteiger charge is 2.30. The molecule has 34 heavy (non-hydrogen) atoms. The predicted molar refractivity (Wildman–Crippen MR) is 123 cm³/mol. The SMILES string of the molecule is Cc1ccc(S(=O)(=O)OC(COCc2ccccc2)COc2csc(C(=O)O)c2[N+](=O)[O-])cc1. The second kappa shape index (κ2) is 11.2. The van der Waals surface area contributed by atoms with Crippen molar-refractivity contribution in [3.8, 4) is 5.75 Å². The van der Waals surface area contributed by atoms with Gasteiger partial charge in [-0.1, -0.05) is 48.0 Å². The average Bonchev–Trinajstić information content (AvgIpc) is 3.23. The lowest BCUT2D eigenvalue weighted by molar-refractivity contribution is -0.385. The van der Waals surface area contributed by atoms with E-state index in [1.807, 2.05) is 37.3 Å². The fourth-order valence-electron chi connectivity index (χ4n) is 2.87. The Hall–Kier alpha value is -3.32. The Kier molecular flexibility index (Phi) is 8.34. The van der Waals surface area contributed by atoms with E-state index in [0.717, 1.165) is 11.1 Å². The first-order chi connectivity index (χ1) is 16.2. The first-order valence-corrected chi connectivity index (χ1v) is 12.2. The molecule has 0 bridgehead atoms. The summed E-state index contributed by atoms with van der Waals surface area (Å²) in [5.74, 6) is -1.76. The summed E-state index contributed by atoms with van der Waals surface area (Å²) in [5, 5.41) is 21.7. The number of hydrogen-bond donors (Lipinski definition) is 1. The number of benzene rings is 2. The van der Waals surface area contributed by atoms with Crippen LogP contribution in [0.2, 0.25) is 0 Å². The smallest absolute Gasteiger partial charge is 0.353 e. The molecule has 3 aromatic rings. The maximum atomic E-state index is 12.7.